The van der Waals surface area contributed by atoms with Crippen LogP contribution in [0.5, 0.6) is 0 Å². The Kier molecular flexibility index (Phi) is 6.85. The van der Waals surface area contributed by atoms with E-state index < -0.39 is 24.9 Å². The number of halogens is 3. The Morgan fingerprint density at radius 3 is 2.78 bits per heavy atom. The molecule has 1 aromatic carbocycles. The van der Waals surface area contributed by atoms with Crippen molar-refractivity contribution < 1.29 is 22.7 Å². The Morgan fingerprint density at radius 1 is 1.48 bits per heavy atom. The molecule has 126 valence electrons. The smallest absolute Gasteiger partial charge is 0.370 e. The van der Waals surface area contributed by atoms with Crippen molar-refractivity contribution in [1.82, 2.24) is 10.2 Å². The number of hydrogen-bond donors (Lipinski definition) is 1. The van der Waals surface area contributed by atoms with Crippen LogP contribution in [0.15, 0.2) is 24.3 Å². The van der Waals surface area contributed by atoms with E-state index in [1.165, 1.54) is 4.90 Å². The van der Waals surface area contributed by atoms with E-state index in [2.05, 4.69) is 10.1 Å². The number of nitrogens with zero attached hydrogens (tertiary/aromatic N) is 2. The van der Waals surface area contributed by atoms with E-state index in [4.69, 9.17) is 5.26 Å². The van der Waals surface area contributed by atoms with Crippen LogP contribution in [0, 0.1) is 11.3 Å². The van der Waals surface area contributed by atoms with Gasteiger partial charge in [-0.3, -0.25) is 0 Å². The van der Waals surface area contributed by atoms with Crippen molar-refractivity contribution >= 4 is 6.03 Å². The number of hydrogen-bond acceptors (Lipinski definition) is 3. The average Bonchev–Trinajstić information content (AvgIpc) is 2.45. The summed E-state index contributed by atoms with van der Waals surface area (Å²) in [4.78, 5) is 13.3. The Hall–Kier alpha value is -2.27. The molecule has 1 N–H and O–H groups in total. The third kappa shape index (κ3) is 7.51. The van der Waals surface area contributed by atoms with E-state index in [1.54, 1.807) is 38.2 Å². The fourth-order valence-electron chi connectivity index (χ4n) is 1.80. The number of rotatable bonds is 6. The number of carbonyl (C=O) groups is 1. The number of nitrogens with one attached hydrogen (secondary N) is 1. The van der Waals surface area contributed by atoms with Crippen molar-refractivity contribution in [2.75, 3.05) is 20.3 Å². The van der Waals surface area contributed by atoms with E-state index in [0.29, 0.717) is 5.56 Å². The summed E-state index contributed by atoms with van der Waals surface area (Å²) in [5.74, 6) is 0. The monoisotopic (exact) mass is 329 g/mol. The van der Waals surface area contributed by atoms with E-state index in [0.717, 1.165) is 5.56 Å². The molecule has 1 aromatic rings. The van der Waals surface area contributed by atoms with Crippen molar-refractivity contribution in [3.8, 4) is 6.07 Å². The number of benzene rings is 1. The van der Waals surface area contributed by atoms with Crippen molar-refractivity contribution in [3.05, 3.63) is 35.4 Å². The van der Waals surface area contributed by atoms with Crippen molar-refractivity contribution in [2.45, 2.75) is 25.7 Å². The SMILES string of the molecule is C[C@@H](COCC(F)(F)F)NC(=O)N(C)Cc1cccc(C#N)c1. The molecular formula is C15H18F3N3O2. The zero-order valence-corrected chi connectivity index (χ0v) is 12.9. The molecule has 0 saturated carbocycles. The molecule has 0 saturated heterocycles. The van der Waals surface area contributed by atoms with E-state index in [-0.39, 0.29) is 13.2 Å². The molecule has 8 heteroatoms. The highest BCUT2D eigenvalue weighted by Gasteiger charge is 2.27. The van der Waals surface area contributed by atoms with Gasteiger partial charge in [0.2, 0.25) is 0 Å². The van der Waals surface area contributed by atoms with Crippen LogP contribution in [-0.4, -0.2) is 43.4 Å². The first-order chi connectivity index (χ1) is 10.7. The summed E-state index contributed by atoms with van der Waals surface area (Å²) in [5.41, 5.74) is 1.27. The summed E-state index contributed by atoms with van der Waals surface area (Å²) in [6.07, 6.45) is -4.38. The minimum atomic E-state index is -4.38. The normalized spacial score (nSPS) is 12.3. The lowest BCUT2D eigenvalue weighted by atomic mass is 10.1. The Morgan fingerprint density at radius 2 is 2.17 bits per heavy atom. The van der Waals surface area contributed by atoms with Crippen LogP contribution in [-0.2, 0) is 11.3 Å². The number of nitriles is 1. The fraction of sp³-hybridized carbons (Fsp3) is 0.467. The topological polar surface area (TPSA) is 65.4 Å². The molecule has 0 radical (unpaired) electrons. The molecule has 5 nitrogen and oxygen atoms in total. The van der Waals surface area contributed by atoms with Gasteiger partial charge in [0, 0.05) is 13.6 Å². The van der Waals surface area contributed by atoms with Crippen LogP contribution < -0.4 is 5.32 Å². The molecular weight excluding hydrogens is 311 g/mol. The maximum atomic E-state index is 12.0. The van der Waals surface area contributed by atoms with Gasteiger partial charge < -0.3 is 15.0 Å². The Labute approximate surface area is 132 Å². The van der Waals surface area contributed by atoms with Crippen LogP contribution in [0.1, 0.15) is 18.1 Å². The average molecular weight is 329 g/mol. The molecule has 0 unspecified atom stereocenters. The van der Waals surface area contributed by atoms with Gasteiger partial charge in [0.15, 0.2) is 0 Å². The predicted molar refractivity (Wildman–Crippen MR) is 77.5 cm³/mol. The number of amides is 2. The summed E-state index contributed by atoms with van der Waals surface area (Å²) in [5, 5.41) is 11.4. The van der Waals surface area contributed by atoms with Crippen LogP contribution in [0.4, 0.5) is 18.0 Å². The second kappa shape index (κ2) is 8.39. The first-order valence-electron chi connectivity index (χ1n) is 6.86. The van der Waals surface area contributed by atoms with Gasteiger partial charge >= 0.3 is 12.2 Å². The lowest BCUT2D eigenvalue weighted by Gasteiger charge is -2.21. The van der Waals surface area contributed by atoms with Gasteiger partial charge in [-0.05, 0) is 24.6 Å². The van der Waals surface area contributed by atoms with Crippen molar-refractivity contribution in [2.24, 2.45) is 0 Å². The minimum Gasteiger partial charge on any atom is -0.370 e. The zero-order valence-electron chi connectivity index (χ0n) is 12.9. The molecule has 0 aliphatic carbocycles. The Balaban J connectivity index is 2.42. The summed E-state index contributed by atoms with van der Waals surface area (Å²) >= 11 is 0. The lowest BCUT2D eigenvalue weighted by molar-refractivity contribution is -0.174. The highest BCUT2D eigenvalue weighted by atomic mass is 19.4. The molecule has 0 aromatic heterocycles. The van der Waals surface area contributed by atoms with Crippen LogP contribution in [0.2, 0.25) is 0 Å². The van der Waals surface area contributed by atoms with Crippen LogP contribution in [0.3, 0.4) is 0 Å². The quantitative estimate of drug-likeness (QED) is 0.872. The second-order valence-electron chi connectivity index (χ2n) is 5.15. The molecule has 1 rings (SSSR count). The number of ether oxygens (including phenoxy) is 1. The molecule has 0 aliphatic heterocycles. The second-order valence-corrected chi connectivity index (χ2v) is 5.15. The lowest BCUT2D eigenvalue weighted by Crippen LogP contribution is -2.43. The fourth-order valence-corrected chi connectivity index (χ4v) is 1.80. The van der Waals surface area contributed by atoms with Gasteiger partial charge in [-0.1, -0.05) is 12.1 Å². The van der Waals surface area contributed by atoms with Gasteiger partial charge in [0.05, 0.1) is 24.3 Å². The van der Waals surface area contributed by atoms with E-state index >= 15 is 0 Å². The highest BCUT2D eigenvalue weighted by Crippen LogP contribution is 2.14. The summed E-state index contributed by atoms with van der Waals surface area (Å²) in [6.45, 7) is 0.253. The largest absolute Gasteiger partial charge is 0.411 e. The van der Waals surface area contributed by atoms with Crippen LogP contribution >= 0.6 is 0 Å². The predicted octanol–water partition coefficient (Wildman–Crippen LogP) is 2.67. The number of carbonyl (C=O) groups excluding carboxylic acids is 1. The molecule has 1 atom stereocenters. The summed E-state index contributed by atoms with van der Waals surface area (Å²) in [7, 11) is 1.55. The van der Waals surface area contributed by atoms with E-state index in [9.17, 15) is 18.0 Å². The first-order valence-corrected chi connectivity index (χ1v) is 6.86. The third-order valence-corrected chi connectivity index (χ3v) is 2.83. The van der Waals surface area contributed by atoms with Crippen LogP contribution in [0.25, 0.3) is 0 Å². The minimum absolute atomic E-state index is 0.233. The van der Waals surface area contributed by atoms with Gasteiger partial charge in [0.25, 0.3) is 0 Å². The zero-order chi connectivity index (χ0) is 17.5. The maximum absolute atomic E-state index is 12.0. The standard InChI is InChI=1S/C15H18F3N3O2/c1-11(9-23-10-15(16,17)18)20-14(22)21(2)8-13-5-3-4-12(6-13)7-19/h3-6,11H,8-10H2,1-2H3,(H,20,22)/t11-/m0/s1. The summed E-state index contributed by atoms with van der Waals surface area (Å²) < 4.78 is 40.4. The van der Waals surface area contributed by atoms with Gasteiger partial charge in [-0.15, -0.1) is 0 Å². The van der Waals surface area contributed by atoms with Gasteiger partial charge in [-0.2, -0.15) is 18.4 Å². The Bertz CT molecular complexity index is 570. The summed E-state index contributed by atoms with van der Waals surface area (Å²) in [6, 6.07) is 7.83. The van der Waals surface area contributed by atoms with Crippen molar-refractivity contribution in [3.63, 3.8) is 0 Å². The molecule has 0 fully saturated rings. The van der Waals surface area contributed by atoms with Gasteiger partial charge in [0.1, 0.15) is 6.61 Å². The number of alkyl halides is 3. The molecule has 0 spiro atoms. The van der Waals surface area contributed by atoms with Gasteiger partial charge in [-0.25, -0.2) is 4.79 Å². The molecule has 0 heterocycles. The third-order valence-electron chi connectivity index (χ3n) is 2.83. The molecule has 0 aliphatic rings. The van der Waals surface area contributed by atoms with E-state index in [1.807, 2.05) is 6.07 Å². The number of urea groups is 1. The highest BCUT2D eigenvalue weighted by molar-refractivity contribution is 5.74. The van der Waals surface area contributed by atoms with Crippen molar-refractivity contribution in [1.29, 1.82) is 5.26 Å². The molecule has 0 bridgehead atoms. The molecule has 2 amide bonds. The maximum Gasteiger partial charge on any atom is 0.411 e. The first kappa shape index (κ1) is 18.8. The molecule has 23 heavy (non-hydrogen) atoms.